The van der Waals surface area contributed by atoms with Crippen molar-refractivity contribution in [2.45, 2.75) is 98.5 Å². The highest BCUT2D eigenvalue weighted by Gasteiger charge is 2.60. The second-order valence-electron chi connectivity index (χ2n) is 11.6. The number of fused-ring (bicyclic) bond motifs is 5. The SMILES string of the molecule is CC(C)(C)C(=O)O[C@@H]1CC[C@@]2(C)[C@@H](CC[C@@H]3[C@H]2CC[C@]2(C)C(=O)CC[C@@H]32)C1. The van der Waals surface area contributed by atoms with Crippen molar-refractivity contribution in [3.63, 3.8) is 0 Å². The smallest absolute Gasteiger partial charge is 0.311 e. The van der Waals surface area contributed by atoms with E-state index in [0.717, 1.165) is 43.9 Å². The molecule has 0 N–H and O–H groups in total. The van der Waals surface area contributed by atoms with E-state index in [9.17, 15) is 9.59 Å². The predicted octanol–water partition coefficient (Wildman–Crippen LogP) is 5.56. The van der Waals surface area contributed by atoms with E-state index in [2.05, 4.69) is 13.8 Å². The lowest BCUT2D eigenvalue weighted by molar-refractivity contribution is -0.170. The summed E-state index contributed by atoms with van der Waals surface area (Å²) in [6.07, 6.45) is 10.1. The molecule has 3 nitrogen and oxygen atoms in total. The molecule has 4 aliphatic rings. The van der Waals surface area contributed by atoms with E-state index in [1.807, 2.05) is 20.8 Å². The van der Waals surface area contributed by atoms with Gasteiger partial charge in [-0.3, -0.25) is 9.59 Å². The molecule has 0 radical (unpaired) electrons. The first-order valence-corrected chi connectivity index (χ1v) is 11.3. The average molecular weight is 375 g/mol. The van der Waals surface area contributed by atoms with Crippen molar-refractivity contribution in [2.24, 2.45) is 39.9 Å². The summed E-state index contributed by atoms with van der Waals surface area (Å²) in [4.78, 5) is 24.9. The lowest BCUT2D eigenvalue weighted by atomic mass is 9.45. The lowest BCUT2D eigenvalue weighted by Crippen LogP contribution is -2.54. The van der Waals surface area contributed by atoms with Crippen LogP contribution in [0.25, 0.3) is 0 Å². The summed E-state index contributed by atoms with van der Waals surface area (Å²) in [6, 6.07) is 0. The largest absolute Gasteiger partial charge is 0.462 e. The van der Waals surface area contributed by atoms with Crippen LogP contribution in [-0.2, 0) is 14.3 Å². The fraction of sp³-hybridized carbons (Fsp3) is 0.917. The van der Waals surface area contributed by atoms with Gasteiger partial charge in [-0.25, -0.2) is 0 Å². The minimum absolute atomic E-state index is 0.0240. The monoisotopic (exact) mass is 374 g/mol. The van der Waals surface area contributed by atoms with Gasteiger partial charge in [0.05, 0.1) is 5.41 Å². The zero-order chi connectivity index (χ0) is 19.6. The standard InChI is InChI=1S/C24H38O3/c1-22(2,3)21(26)27-16-10-12-23(4)15(14-16)6-7-17-18-8-9-20(25)24(18,5)13-11-19(17)23/h15-19H,6-14H2,1-5H3/t15-,16+,17-,18-,19+,23-,24-/m0/s1. The first kappa shape index (κ1) is 19.5. The zero-order valence-corrected chi connectivity index (χ0v) is 18.0. The molecule has 27 heavy (non-hydrogen) atoms. The molecule has 152 valence electrons. The van der Waals surface area contributed by atoms with Crippen molar-refractivity contribution in [2.75, 3.05) is 0 Å². The molecule has 0 amide bonds. The maximum absolute atomic E-state index is 12.5. The van der Waals surface area contributed by atoms with Crippen molar-refractivity contribution in [3.05, 3.63) is 0 Å². The minimum Gasteiger partial charge on any atom is -0.462 e. The van der Waals surface area contributed by atoms with Crippen molar-refractivity contribution in [3.8, 4) is 0 Å². The zero-order valence-electron chi connectivity index (χ0n) is 18.0. The third kappa shape index (κ3) is 2.99. The van der Waals surface area contributed by atoms with Crippen molar-refractivity contribution < 1.29 is 14.3 Å². The van der Waals surface area contributed by atoms with Gasteiger partial charge >= 0.3 is 5.97 Å². The first-order chi connectivity index (χ1) is 12.6. The van der Waals surface area contributed by atoms with E-state index in [0.29, 0.717) is 23.0 Å². The molecule has 0 spiro atoms. The molecule has 0 aromatic heterocycles. The van der Waals surface area contributed by atoms with E-state index < -0.39 is 5.41 Å². The lowest BCUT2D eigenvalue weighted by Gasteiger charge is -2.60. The molecule has 4 saturated carbocycles. The summed E-state index contributed by atoms with van der Waals surface area (Å²) >= 11 is 0. The highest BCUT2D eigenvalue weighted by atomic mass is 16.5. The number of ether oxygens (including phenoxy) is 1. The molecule has 0 bridgehead atoms. The topological polar surface area (TPSA) is 43.4 Å². The Morgan fingerprint density at radius 1 is 1.00 bits per heavy atom. The number of rotatable bonds is 1. The Labute approximate surface area is 165 Å². The summed E-state index contributed by atoms with van der Waals surface area (Å²) in [5.74, 6) is 3.29. The Bertz CT molecular complexity index is 632. The van der Waals surface area contributed by atoms with E-state index in [1.165, 1.54) is 25.7 Å². The maximum atomic E-state index is 12.5. The number of carbonyl (C=O) groups excluding carboxylic acids is 2. The van der Waals surface area contributed by atoms with Crippen molar-refractivity contribution in [1.82, 2.24) is 0 Å². The molecule has 0 aromatic rings. The Morgan fingerprint density at radius 3 is 2.44 bits per heavy atom. The van der Waals surface area contributed by atoms with E-state index >= 15 is 0 Å². The third-order valence-electron chi connectivity index (χ3n) is 9.21. The molecule has 0 aliphatic heterocycles. The van der Waals surface area contributed by atoms with Crippen LogP contribution < -0.4 is 0 Å². The van der Waals surface area contributed by atoms with Crippen LogP contribution in [0.1, 0.15) is 92.4 Å². The number of hydrogen-bond donors (Lipinski definition) is 0. The molecule has 4 rings (SSSR count). The second kappa shape index (κ2) is 6.32. The quantitative estimate of drug-likeness (QED) is 0.565. The van der Waals surface area contributed by atoms with E-state index in [4.69, 9.17) is 4.74 Å². The highest BCUT2D eigenvalue weighted by Crippen LogP contribution is 2.65. The molecule has 0 aromatic carbocycles. The van der Waals surface area contributed by atoms with Crippen LogP contribution in [0.5, 0.6) is 0 Å². The van der Waals surface area contributed by atoms with Gasteiger partial charge in [-0.15, -0.1) is 0 Å². The number of carbonyl (C=O) groups is 2. The van der Waals surface area contributed by atoms with Gasteiger partial charge in [-0.2, -0.15) is 0 Å². The fourth-order valence-corrected chi connectivity index (χ4v) is 7.42. The number of ketones is 1. The summed E-state index contributed by atoms with van der Waals surface area (Å²) in [5.41, 5.74) is -0.0639. The van der Waals surface area contributed by atoms with Gasteiger partial charge in [0, 0.05) is 11.8 Å². The number of hydrogen-bond acceptors (Lipinski definition) is 3. The molecule has 3 heteroatoms. The molecule has 4 aliphatic carbocycles. The van der Waals surface area contributed by atoms with Gasteiger partial charge in [0.1, 0.15) is 11.9 Å². The van der Waals surface area contributed by atoms with Crippen LogP contribution >= 0.6 is 0 Å². The first-order valence-electron chi connectivity index (χ1n) is 11.3. The molecule has 0 heterocycles. The van der Waals surface area contributed by atoms with Crippen LogP contribution in [0.4, 0.5) is 0 Å². The van der Waals surface area contributed by atoms with Crippen LogP contribution in [0.15, 0.2) is 0 Å². The Balaban J connectivity index is 1.48. The third-order valence-corrected chi connectivity index (χ3v) is 9.21. The molecule has 4 fully saturated rings. The molecular weight excluding hydrogens is 336 g/mol. The Kier molecular flexibility index (Phi) is 4.56. The minimum atomic E-state index is -0.415. The fourth-order valence-electron chi connectivity index (χ4n) is 7.42. The summed E-state index contributed by atoms with van der Waals surface area (Å²) in [5, 5.41) is 0. The van der Waals surface area contributed by atoms with Gasteiger partial charge in [0.2, 0.25) is 0 Å². The second-order valence-corrected chi connectivity index (χ2v) is 11.6. The van der Waals surface area contributed by atoms with Crippen LogP contribution in [0.3, 0.4) is 0 Å². The molecule has 0 saturated heterocycles. The van der Waals surface area contributed by atoms with Crippen LogP contribution in [0.2, 0.25) is 0 Å². The highest BCUT2D eigenvalue weighted by molar-refractivity contribution is 5.87. The van der Waals surface area contributed by atoms with Gasteiger partial charge < -0.3 is 4.74 Å². The molecule has 0 unspecified atom stereocenters. The van der Waals surface area contributed by atoms with Gasteiger partial charge in [0.15, 0.2) is 0 Å². The Morgan fingerprint density at radius 2 is 1.74 bits per heavy atom. The van der Waals surface area contributed by atoms with Crippen LogP contribution in [0, 0.1) is 39.9 Å². The summed E-state index contributed by atoms with van der Waals surface area (Å²) < 4.78 is 5.90. The Hall–Kier alpha value is -0.860. The number of esters is 1. The maximum Gasteiger partial charge on any atom is 0.311 e. The van der Waals surface area contributed by atoms with E-state index in [-0.39, 0.29) is 17.5 Å². The number of Topliss-reactive ketones (excluding diaryl/α,β-unsaturated/α-hetero) is 1. The molecule has 7 atom stereocenters. The summed E-state index contributed by atoms with van der Waals surface area (Å²) in [6.45, 7) is 10.6. The average Bonchev–Trinajstić information content (AvgIpc) is 2.89. The molecular formula is C24H38O3. The van der Waals surface area contributed by atoms with Crippen molar-refractivity contribution in [1.29, 1.82) is 0 Å². The van der Waals surface area contributed by atoms with Crippen molar-refractivity contribution >= 4 is 11.8 Å². The normalized spacial score (nSPS) is 47.0. The van der Waals surface area contributed by atoms with Crippen LogP contribution in [-0.4, -0.2) is 17.9 Å². The van der Waals surface area contributed by atoms with Gasteiger partial charge in [-0.05, 0) is 101 Å². The van der Waals surface area contributed by atoms with E-state index in [1.54, 1.807) is 0 Å². The van der Waals surface area contributed by atoms with Gasteiger partial charge in [0.25, 0.3) is 0 Å². The predicted molar refractivity (Wildman–Crippen MR) is 106 cm³/mol. The summed E-state index contributed by atoms with van der Waals surface area (Å²) in [7, 11) is 0. The van der Waals surface area contributed by atoms with Gasteiger partial charge in [-0.1, -0.05) is 13.8 Å².